The monoisotopic (exact) mass is 613 g/mol. The molecule has 0 radical (unpaired) electrons. The van der Waals surface area contributed by atoms with E-state index < -0.39 is 29.9 Å². The number of carbonyl (C=O) groups excluding carboxylic acids is 2. The summed E-state index contributed by atoms with van der Waals surface area (Å²) in [5.74, 6) is -1.03. The molecule has 1 saturated heterocycles. The van der Waals surface area contributed by atoms with Crippen LogP contribution in [0.3, 0.4) is 0 Å². The molecule has 0 spiro atoms. The van der Waals surface area contributed by atoms with E-state index in [1.807, 2.05) is 36.9 Å². The zero-order valence-corrected chi connectivity index (χ0v) is 26.4. The quantitative estimate of drug-likeness (QED) is 0.307. The van der Waals surface area contributed by atoms with Crippen molar-refractivity contribution in [1.82, 2.24) is 15.5 Å². The smallest absolute Gasteiger partial charge is 0.326 e. The number of ether oxygens (including phenoxy) is 3. The molecule has 1 aliphatic rings. The van der Waals surface area contributed by atoms with E-state index in [9.17, 15) is 19.5 Å². The van der Waals surface area contributed by atoms with Gasteiger partial charge in [-0.15, -0.1) is 0 Å². The van der Waals surface area contributed by atoms with Crippen LogP contribution in [0, 0.1) is 5.92 Å². The summed E-state index contributed by atoms with van der Waals surface area (Å²) in [5.41, 5.74) is 1.47. The largest absolute Gasteiger partial charge is 0.483 e. The highest BCUT2D eigenvalue weighted by atomic mass is 32.1. The molecule has 2 unspecified atom stereocenters. The van der Waals surface area contributed by atoms with Crippen LogP contribution in [0.5, 0.6) is 11.5 Å². The second-order valence-electron chi connectivity index (χ2n) is 12.0. The molecule has 3 rings (SSSR count). The van der Waals surface area contributed by atoms with Crippen molar-refractivity contribution in [2.45, 2.75) is 65.0 Å². The normalized spacial score (nSPS) is 14.9. The SMILES string of the molecule is CC(C)CC(NC(=O)COc1ccccc1C(C)(C)C)C(=O)NC(Cc1ccc(OC(=S)N2CCOCC2)cc1)C(=O)O. The van der Waals surface area contributed by atoms with Crippen LogP contribution in [0.4, 0.5) is 0 Å². The predicted octanol–water partition coefficient (Wildman–Crippen LogP) is 3.70. The van der Waals surface area contributed by atoms with Gasteiger partial charge in [-0.25, -0.2) is 4.79 Å². The Hall–Kier alpha value is -3.70. The van der Waals surface area contributed by atoms with Crippen molar-refractivity contribution in [3.8, 4) is 11.5 Å². The topological polar surface area (TPSA) is 126 Å². The molecule has 0 saturated carbocycles. The number of para-hydroxylation sites is 1. The highest BCUT2D eigenvalue weighted by Gasteiger charge is 2.28. The minimum atomic E-state index is -1.20. The van der Waals surface area contributed by atoms with Gasteiger partial charge < -0.3 is 34.9 Å². The molecule has 1 aliphatic heterocycles. The molecule has 10 nitrogen and oxygen atoms in total. The van der Waals surface area contributed by atoms with E-state index in [0.29, 0.717) is 55.0 Å². The molecule has 11 heteroatoms. The zero-order chi connectivity index (χ0) is 31.6. The number of aliphatic carboxylic acids is 1. The Morgan fingerprint density at radius 1 is 1.00 bits per heavy atom. The van der Waals surface area contributed by atoms with Gasteiger partial charge in [0.2, 0.25) is 5.91 Å². The first-order valence-corrected chi connectivity index (χ1v) is 14.9. The lowest BCUT2D eigenvalue weighted by molar-refractivity contribution is -0.142. The van der Waals surface area contributed by atoms with Crippen LogP contribution in [0.1, 0.15) is 52.2 Å². The zero-order valence-electron chi connectivity index (χ0n) is 25.6. The molecule has 43 heavy (non-hydrogen) atoms. The Morgan fingerprint density at radius 2 is 1.65 bits per heavy atom. The molecule has 1 fully saturated rings. The van der Waals surface area contributed by atoms with Crippen LogP contribution in [-0.4, -0.2) is 78.0 Å². The summed E-state index contributed by atoms with van der Waals surface area (Å²) >= 11 is 5.37. The van der Waals surface area contributed by atoms with Crippen LogP contribution < -0.4 is 20.1 Å². The number of benzene rings is 2. The number of rotatable bonds is 12. The molecular weight excluding hydrogens is 570 g/mol. The first-order chi connectivity index (χ1) is 20.3. The predicted molar refractivity (Wildman–Crippen MR) is 167 cm³/mol. The van der Waals surface area contributed by atoms with E-state index in [2.05, 4.69) is 31.4 Å². The highest BCUT2D eigenvalue weighted by molar-refractivity contribution is 7.80. The first kappa shape index (κ1) is 33.8. The van der Waals surface area contributed by atoms with Gasteiger partial charge in [-0.05, 0) is 59.3 Å². The summed E-state index contributed by atoms with van der Waals surface area (Å²) in [7, 11) is 0. The Kier molecular flexibility index (Phi) is 12.3. The molecule has 1 heterocycles. The maximum atomic E-state index is 13.2. The molecule has 3 N–H and O–H groups in total. The number of hydrogen-bond acceptors (Lipinski definition) is 7. The van der Waals surface area contributed by atoms with Crippen molar-refractivity contribution < 1.29 is 33.7 Å². The van der Waals surface area contributed by atoms with Crippen molar-refractivity contribution in [1.29, 1.82) is 0 Å². The van der Waals surface area contributed by atoms with Crippen molar-refractivity contribution in [3.05, 3.63) is 59.7 Å². The summed E-state index contributed by atoms with van der Waals surface area (Å²) in [6.07, 6.45) is 0.377. The van der Waals surface area contributed by atoms with E-state index in [0.717, 1.165) is 5.56 Å². The van der Waals surface area contributed by atoms with Gasteiger partial charge in [0.15, 0.2) is 6.61 Å². The van der Waals surface area contributed by atoms with E-state index >= 15 is 0 Å². The Bertz CT molecular complexity index is 1250. The summed E-state index contributed by atoms with van der Waals surface area (Å²) in [5, 5.41) is 15.6. The lowest BCUT2D eigenvalue weighted by Crippen LogP contribution is -2.53. The van der Waals surface area contributed by atoms with Crippen molar-refractivity contribution in [2.75, 3.05) is 32.9 Å². The van der Waals surface area contributed by atoms with Crippen LogP contribution in [0.25, 0.3) is 0 Å². The van der Waals surface area contributed by atoms with Gasteiger partial charge in [0.1, 0.15) is 23.6 Å². The highest BCUT2D eigenvalue weighted by Crippen LogP contribution is 2.30. The number of amides is 2. The number of carboxylic acids is 1. The van der Waals surface area contributed by atoms with Gasteiger partial charge in [0.05, 0.1) is 13.2 Å². The fourth-order valence-corrected chi connectivity index (χ4v) is 4.89. The van der Waals surface area contributed by atoms with Gasteiger partial charge in [-0.3, -0.25) is 9.59 Å². The molecule has 0 aromatic heterocycles. The fraction of sp³-hybridized carbons (Fsp3) is 0.500. The van der Waals surface area contributed by atoms with Crippen molar-refractivity contribution in [3.63, 3.8) is 0 Å². The summed E-state index contributed by atoms with van der Waals surface area (Å²) in [4.78, 5) is 40.1. The van der Waals surface area contributed by atoms with E-state index in [1.54, 1.807) is 30.3 Å². The van der Waals surface area contributed by atoms with Crippen LogP contribution in [0.15, 0.2) is 48.5 Å². The minimum absolute atomic E-state index is 0.0459. The fourth-order valence-electron chi connectivity index (χ4n) is 4.61. The lowest BCUT2D eigenvalue weighted by atomic mass is 9.86. The molecule has 2 atom stereocenters. The third-order valence-corrected chi connectivity index (χ3v) is 7.21. The van der Waals surface area contributed by atoms with Crippen molar-refractivity contribution in [2.24, 2.45) is 5.92 Å². The number of thiocarbonyl (C=S) groups is 1. The average Bonchev–Trinajstić information content (AvgIpc) is 2.96. The van der Waals surface area contributed by atoms with E-state index in [1.165, 1.54) is 0 Å². The average molecular weight is 614 g/mol. The third kappa shape index (κ3) is 10.8. The van der Waals surface area contributed by atoms with E-state index in [4.69, 9.17) is 26.4 Å². The molecule has 0 aliphatic carbocycles. The van der Waals surface area contributed by atoms with E-state index in [-0.39, 0.29) is 24.4 Å². The Balaban J connectivity index is 1.59. The minimum Gasteiger partial charge on any atom is -0.483 e. The molecule has 2 aromatic carbocycles. The van der Waals surface area contributed by atoms with Gasteiger partial charge in [-0.1, -0.05) is 65.0 Å². The third-order valence-electron chi connectivity index (χ3n) is 6.86. The van der Waals surface area contributed by atoms with Gasteiger partial charge in [-0.2, -0.15) is 0 Å². The number of nitrogens with zero attached hydrogens (tertiary/aromatic N) is 1. The maximum Gasteiger partial charge on any atom is 0.326 e. The molecular formula is C32H43N3O7S. The first-order valence-electron chi connectivity index (χ1n) is 14.5. The number of carboxylic acid groups (broad SMARTS) is 1. The Labute approximate surface area is 259 Å². The number of carbonyl (C=O) groups is 3. The number of hydrogen-bond donors (Lipinski definition) is 3. The maximum absolute atomic E-state index is 13.2. The summed E-state index contributed by atoms with van der Waals surface area (Å²) < 4.78 is 16.9. The molecule has 2 amide bonds. The number of nitrogens with one attached hydrogen (secondary N) is 2. The van der Waals surface area contributed by atoms with Gasteiger partial charge in [0, 0.05) is 19.5 Å². The lowest BCUT2D eigenvalue weighted by Gasteiger charge is -2.28. The molecule has 234 valence electrons. The van der Waals surface area contributed by atoms with Crippen LogP contribution >= 0.6 is 12.2 Å². The van der Waals surface area contributed by atoms with Gasteiger partial charge in [0.25, 0.3) is 11.1 Å². The number of morpholine rings is 1. The van der Waals surface area contributed by atoms with Crippen LogP contribution in [0.2, 0.25) is 0 Å². The molecule has 2 aromatic rings. The molecule has 0 bridgehead atoms. The second kappa shape index (κ2) is 15.7. The summed E-state index contributed by atoms with van der Waals surface area (Å²) in [6, 6.07) is 12.3. The van der Waals surface area contributed by atoms with Crippen LogP contribution in [-0.2, 0) is 31.0 Å². The van der Waals surface area contributed by atoms with Gasteiger partial charge >= 0.3 is 5.97 Å². The Morgan fingerprint density at radius 3 is 2.26 bits per heavy atom. The second-order valence-corrected chi connectivity index (χ2v) is 12.3. The standard InChI is InChI=1S/C32H43N3O7S/c1-21(2)18-25(33-28(36)20-41-27-9-7-6-8-24(27)32(3,4)5)29(37)34-26(30(38)39)19-22-10-12-23(13-11-22)42-31(43)35-14-16-40-17-15-35/h6-13,21,25-26H,14-20H2,1-5H3,(H,33,36)(H,34,37)(H,38,39). The summed E-state index contributed by atoms with van der Waals surface area (Å²) in [6.45, 7) is 12.2. The van der Waals surface area contributed by atoms with Crippen molar-refractivity contribution >= 4 is 35.2 Å².